The van der Waals surface area contributed by atoms with E-state index in [1.807, 2.05) is 0 Å². The molecule has 1 fully saturated rings. The third kappa shape index (κ3) is 5.28. The summed E-state index contributed by atoms with van der Waals surface area (Å²) < 4.78 is 10.6. The van der Waals surface area contributed by atoms with E-state index < -0.39 is 0 Å². The largest absolute Gasteiger partial charge is 0.493 e. The maximum Gasteiger partial charge on any atom is 0.257 e. The van der Waals surface area contributed by atoms with Crippen LogP contribution in [0.15, 0.2) is 18.2 Å². The molecular weight excluding hydrogens is 334 g/mol. The molecule has 1 unspecified atom stereocenters. The van der Waals surface area contributed by atoms with Gasteiger partial charge in [0, 0.05) is 25.2 Å². The van der Waals surface area contributed by atoms with Gasteiger partial charge in [0.05, 0.1) is 7.11 Å². The van der Waals surface area contributed by atoms with Crippen molar-refractivity contribution in [3.8, 4) is 11.5 Å². The second-order valence-electron chi connectivity index (χ2n) is 5.48. The summed E-state index contributed by atoms with van der Waals surface area (Å²) in [5, 5.41) is 5.42. The Labute approximate surface area is 147 Å². The number of hydrogen-bond donors (Lipinski definition) is 3. The van der Waals surface area contributed by atoms with Gasteiger partial charge in [-0.25, -0.2) is 0 Å². The first-order valence-electron chi connectivity index (χ1n) is 7.61. The first kappa shape index (κ1) is 20.1. The minimum Gasteiger partial charge on any atom is -0.493 e. The summed E-state index contributed by atoms with van der Waals surface area (Å²) in [7, 11) is 3.01. The molecule has 2 rings (SSSR count). The topological polar surface area (TPSA) is 103 Å². The number of hydrogen-bond acceptors (Lipinski definition) is 5. The lowest BCUT2D eigenvalue weighted by molar-refractivity contribution is -0.122. The smallest absolute Gasteiger partial charge is 0.257 e. The number of rotatable bonds is 8. The highest BCUT2D eigenvalue weighted by molar-refractivity contribution is 5.95. The molecule has 0 heterocycles. The van der Waals surface area contributed by atoms with Gasteiger partial charge in [0.1, 0.15) is 0 Å². The quantitative estimate of drug-likeness (QED) is 0.636. The van der Waals surface area contributed by atoms with Crippen molar-refractivity contribution in [2.24, 2.45) is 11.7 Å². The Morgan fingerprint density at radius 3 is 2.58 bits per heavy atom. The lowest BCUT2D eigenvalue weighted by Gasteiger charge is -2.17. The zero-order valence-corrected chi connectivity index (χ0v) is 14.7. The van der Waals surface area contributed by atoms with Crippen molar-refractivity contribution in [2.45, 2.75) is 18.9 Å². The van der Waals surface area contributed by atoms with Gasteiger partial charge in [-0.15, -0.1) is 12.4 Å². The molecule has 2 amide bonds. The summed E-state index contributed by atoms with van der Waals surface area (Å²) in [4.78, 5) is 23.5. The van der Waals surface area contributed by atoms with E-state index in [2.05, 4.69) is 10.6 Å². The van der Waals surface area contributed by atoms with Crippen LogP contribution in [-0.4, -0.2) is 45.2 Å². The minimum absolute atomic E-state index is 0. The molecule has 1 aromatic carbocycles. The van der Waals surface area contributed by atoms with Crippen LogP contribution in [0.25, 0.3) is 0 Å². The summed E-state index contributed by atoms with van der Waals surface area (Å²) in [6.07, 6.45) is 2.22. The van der Waals surface area contributed by atoms with E-state index in [9.17, 15) is 9.59 Å². The first-order chi connectivity index (χ1) is 11.1. The van der Waals surface area contributed by atoms with Crippen LogP contribution in [0.2, 0.25) is 0 Å². The molecule has 1 atom stereocenters. The second-order valence-corrected chi connectivity index (χ2v) is 5.48. The Bertz CT molecular complexity index is 578. The molecule has 1 aliphatic carbocycles. The van der Waals surface area contributed by atoms with E-state index in [0.29, 0.717) is 29.5 Å². The molecule has 1 aliphatic rings. The zero-order chi connectivity index (χ0) is 16.8. The number of benzene rings is 1. The van der Waals surface area contributed by atoms with Gasteiger partial charge < -0.3 is 25.8 Å². The number of methoxy groups -OCH3 is 1. The zero-order valence-electron chi connectivity index (χ0n) is 13.8. The Balaban J connectivity index is 0.00000288. The summed E-state index contributed by atoms with van der Waals surface area (Å²) in [6.45, 7) is 0.316. The molecular formula is C16H24ClN3O4. The fraction of sp³-hybridized carbons (Fsp3) is 0.500. The second kappa shape index (κ2) is 9.34. The van der Waals surface area contributed by atoms with E-state index in [1.54, 1.807) is 18.2 Å². The Morgan fingerprint density at radius 1 is 1.33 bits per heavy atom. The van der Waals surface area contributed by atoms with Gasteiger partial charge in [-0.1, -0.05) is 0 Å². The molecule has 0 spiro atoms. The number of likely N-dealkylation sites (N-methyl/N-ethyl adjacent to an activating group) is 1. The maximum absolute atomic E-state index is 12.3. The van der Waals surface area contributed by atoms with Crippen LogP contribution < -0.4 is 25.8 Å². The molecule has 134 valence electrons. The number of carbonyl (C=O) groups excluding carboxylic acids is 2. The van der Waals surface area contributed by atoms with Crippen LogP contribution >= 0.6 is 12.4 Å². The third-order valence-corrected chi connectivity index (χ3v) is 3.82. The molecule has 8 heteroatoms. The van der Waals surface area contributed by atoms with E-state index in [1.165, 1.54) is 14.2 Å². The average Bonchev–Trinajstić information content (AvgIpc) is 3.41. The van der Waals surface area contributed by atoms with Gasteiger partial charge in [0.25, 0.3) is 11.8 Å². The number of amides is 2. The molecule has 0 bridgehead atoms. The average molecular weight is 358 g/mol. The predicted octanol–water partition coefficient (Wildman–Crippen LogP) is 0.709. The van der Waals surface area contributed by atoms with Crippen molar-refractivity contribution >= 4 is 24.2 Å². The minimum atomic E-state index is -0.246. The fourth-order valence-electron chi connectivity index (χ4n) is 2.26. The maximum atomic E-state index is 12.3. The molecule has 0 saturated heterocycles. The normalized spacial score (nSPS) is 14.1. The SMILES string of the molecule is CNC(=O)COc1ccc(C(=O)NC(CN)C2CC2)cc1OC.Cl. The molecule has 1 saturated carbocycles. The first-order valence-corrected chi connectivity index (χ1v) is 7.61. The molecule has 7 nitrogen and oxygen atoms in total. The third-order valence-electron chi connectivity index (χ3n) is 3.82. The summed E-state index contributed by atoms with van der Waals surface area (Å²) in [6, 6.07) is 4.86. The summed E-state index contributed by atoms with van der Waals surface area (Å²) in [5.41, 5.74) is 6.17. The highest BCUT2D eigenvalue weighted by atomic mass is 35.5. The predicted molar refractivity (Wildman–Crippen MR) is 92.8 cm³/mol. The fourth-order valence-corrected chi connectivity index (χ4v) is 2.26. The Morgan fingerprint density at radius 2 is 2.04 bits per heavy atom. The van der Waals surface area contributed by atoms with Crippen LogP contribution in [0.3, 0.4) is 0 Å². The molecule has 0 aliphatic heterocycles. The summed E-state index contributed by atoms with van der Waals surface area (Å²) in [5.74, 6) is 0.857. The highest BCUT2D eigenvalue weighted by Crippen LogP contribution is 2.32. The van der Waals surface area contributed by atoms with Gasteiger partial charge >= 0.3 is 0 Å². The molecule has 0 radical (unpaired) electrons. The van der Waals surface area contributed by atoms with E-state index in [0.717, 1.165) is 12.8 Å². The number of carbonyl (C=O) groups is 2. The van der Waals surface area contributed by atoms with Crippen molar-refractivity contribution in [1.82, 2.24) is 10.6 Å². The van der Waals surface area contributed by atoms with Crippen LogP contribution in [-0.2, 0) is 4.79 Å². The van der Waals surface area contributed by atoms with Crippen molar-refractivity contribution in [1.29, 1.82) is 0 Å². The van der Waals surface area contributed by atoms with E-state index >= 15 is 0 Å². The molecule has 1 aromatic rings. The van der Waals surface area contributed by atoms with Crippen molar-refractivity contribution in [2.75, 3.05) is 27.3 Å². The Hall–Kier alpha value is -1.99. The number of ether oxygens (including phenoxy) is 2. The lowest BCUT2D eigenvalue weighted by Crippen LogP contribution is -2.41. The number of nitrogens with two attached hydrogens (primary N) is 1. The van der Waals surface area contributed by atoms with Crippen LogP contribution in [0, 0.1) is 5.92 Å². The van der Waals surface area contributed by atoms with Crippen molar-refractivity contribution in [3.05, 3.63) is 23.8 Å². The van der Waals surface area contributed by atoms with Gasteiger partial charge in [-0.05, 0) is 37.0 Å². The van der Waals surface area contributed by atoms with Crippen LogP contribution in [0.5, 0.6) is 11.5 Å². The van der Waals surface area contributed by atoms with Gasteiger partial charge in [0.15, 0.2) is 18.1 Å². The lowest BCUT2D eigenvalue weighted by atomic mass is 10.1. The van der Waals surface area contributed by atoms with E-state index in [4.69, 9.17) is 15.2 Å². The number of halogens is 1. The Kier molecular flexibility index (Phi) is 7.81. The highest BCUT2D eigenvalue weighted by Gasteiger charge is 2.31. The van der Waals surface area contributed by atoms with Gasteiger partial charge in [-0.2, -0.15) is 0 Å². The molecule has 4 N–H and O–H groups in total. The van der Waals surface area contributed by atoms with Gasteiger partial charge in [-0.3, -0.25) is 9.59 Å². The molecule has 0 aromatic heterocycles. The van der Waals surface area contributed by atoms with Crippen LogP contribution in [0.1, 0.15) is 23.2 Å². The van der Waals surface area contributed by atoms with E-state index in [-0.39, 0.29) is 36.9 Å². The van der Waals surface area contributed by atoms with Gasteiger partial charge in [0.2, 0.25) is 0 Å². The van der Waals surface area contributed by atoms with Crippen molar-refractivity contribution in [3.63, 3.8) is 0 Å². The van der Waals surface area contributed by atoms with Crippen LogP contribution in [0.4, 0.5) is 0 Å². The monoisotopic (exact) mass is 357 g/mol. The standard InChI is InChI=1S/C16H23N3O4.ClH/c1-18-15(20)9-23-13-6-5-11(7-14(13)22-2)16(21)19-12(8-17)10-3-4-10;/h5-7,10,12H,3-4,8-9,17H2,1-2H3,(H,18,20)(H,19,21);1H. The number of nitrogens with one attached hydrogen (secondary N) is 2. The van der Waals surface area contributed by atoms with Crippen molar-refractivity contribution < 1.29 is 19.1 Å². The summed E-state index contributed by atoms with van der Waals surface area (Å²) >= 11 is 0. The molecule has 24 heavy (non-hydrogen) atoms.